The van der Waals surface area contributed by atoms with Crippen molar-refractivity contribution < 1.29 is 9.59 Å². The average molecular weight is 471 g/mol. The van der Waals surface area contributed by atoms with Crippen LogP contribution in [0.15, 0.2) is 71.3 Å². The summed E-state index contributed by atoms with van der Waals surface area (Å²) < 4.78 is 0. The van der Waals surface area contributed by atoms with Crippen molar-refractivity contribution in [3.8, 4) is 0 Å². The average Bonchev–Trinajstić information content (AvgIpc) is 2.77. The number of rotatable bonds is 5. The molecule has 0 spiro atoms. The normalized spacial score (nSPS) is 21.6. The summed E-state index contributed by atoms with van der Waals surface area (Å²) in [5, 5.41) is 3.60. The van der Waals surface area contributed by atoms with Gasteiger partial charge in [0, 0.05) is 60.9 Å². The fraction of sp³-hybridized carbons (Fsp3) is 0.448. The third-order valence-electron chi connectivity index (χ3n) is 7.24. The van der Waals surface area contributed by atoms with Gasteiger partial charge in [-0.05, 0) is 47.9 Å². The van der Waals surface area contributed by atoms with Crippen LogP contribution < -0.4 is 5.32 Å². The highest BCUT2D eigenvalue weighted by molar-refractivity contribution is 6.06. The molecule has 0 saturated heterocycles. The first-order valence-electron chi connectivity index (χ1n) is 12.5. The molecule has 0 atom stereocenters. The van der Waals surface area contributed by atoms with Crippen LogP contribution in [0.2, 0.25) is 0 Å². The van der Waals surface area contributed by atoms with Gasteiger partial charge in [-0.3, -0.25) is 24.5 Å². The summed E-state index contributed by atoms with van der Waals surface area (Å²) >= 11 is 0. The molecule has 2 aromatic rings. The molecule has 35 heavy (non-hydrogen) atoms. The van der Waals surface area contributed by atoms with Gasteiger partial charge in [-0.15, -0.1) is 0 Å². The van der Waals surface area contributed by atoms with E-state index in [1.54, 1.807) is 12.4 Å². The molecule has 6 nitrogen and oxygen atoms in total. The SMILES string of the molecule is CC1(C)CC(=O)C2=C(C1)NC1=C(C(=O)CC(C)(C)C1)C2N(Cc1ccccn1)Cc1ccccn1. The number of allylic oxidation sites excluding steroid dienone is 2. The van der Waals surface area contributed by atoms with Crippen LogP contribution in [0.25, 0.3) is 0 Å². The number of hydrogen-bond donors (Lipinski definition) is 1. The van der Waals surface area contributed by atoms with E-state index in [2.05, 4.69) is 47.9 Å². The van der Waals surface area contributed by atoms with E-state index in [1.807, 2.05) is 36.4 Å². The fourth-order valence-electron chi connectivity index (χ4n) is 5.86. The summed E-state index contributed by atoms with van der Waals surface area (Å²) in [4.78, 5) is 38.7. The van der Waals surface area contributed by atoms with Crippen molar-refractivity contribution in [2.45, 2.75) is 72.5 Å². The predicted molar refractivity (Wildman–Crippen MR) is 135 cm³/mol. The standard InChI is InChI=1S/C29H34N4O2/c1-28(2)13-21-25(23(34)15-28)27(26-22(32-21)14-29(3,4)16-24(26)35)33(17-19-9-5-7-11-30-19)18-20-10-6-8-12-31-20/h5-12,27,32H,13-18H2,1-4H3. The molecule has 182 valence electrons. The van der Waals surface area contributed by atoms with E-state index in [0.29, 0.717) is 25.9 Å². The quantitative estimate of drug-likeness (QED) is 0.681. The second kappa shape index (κ2) is 8.83. The molecule has 1 aliphatic heterocycles. The third-order valence-corrected chi connectivity index (χ3v) is 7.24. The molecular formula is C29H34N4O2. The van der Waals surface area contributed by atoms with Gasteiger partial charge in [0.2, 0.25) is 0 Å². The first kappa shape index (κ1) is 23.6. The Labute approximate surface area is 207 Å². The van der Waals surface area contributed by atoms with Crippen molar-refractivity contribution in [2.75, 3.05) is 0 Å². The maximum atomic E-state index is 13.7. The maximum Gasteiger partial charge on any atom is 0.163 e. The molecule has 2 aromatic heterocycles. The Hall–Kier alpha value is -3.12. The molecule has 2 aliphatic carbocycles. The summed E-state index contributed by atoms with van der Waals surface area (Å²) in [6.07, 6.45) is 6.11. The zero-order valence-electron chi connectivity index (χ0n) is 21.1. The van der Waals surface area contributed by atoms with Crippen LogP contribution in [-0.4, -0.2) is 32.5 Å². The highest BCUT2D eigenvalue weighted by Gasteiger charge is 2.47. The molecule has 0 amide bonds. The van der Waals surface area contributed by atoms with Gasteiger partial charge < -0.3 is 5.32 Å². The van der Waals surface area contributed by atoms with Crippen LogP contribution in [0.1, 0.15) is 64.8 Å². The minimum Gasteiger partial charge on any atom is -0.361 e. The van der Waals surface area contributed by atoms with Gasteiger partial charge in [0.15, 0.2) is 11.6 Å². The van der Waals surface area contributed by atoms with Crippen molar-refractivity contribution in [2.24, 2.45) is 10.8 Å². The Morgan fingerprint density at radius 1 is 0.771 bits per heavy atom. The number of hydrogen-bond acceptors (Lipinski definition) is 6. The Kier molecular flexibility index (Phi) is 5.96. The topological polar surface area (TPSA) is 75.2 Å². The second-order valence-corrected chi connectivity index (χ2v) is 11.7. The summed E-state index contributed by atoms with van der Waals surface area (Å²) in [7, 11) is 0. The predicted octanol–water partition coefficient (Wildman–Crippen LogP) is 4.74. The Bertz CT molecular complexity index is 1120. The number of pyridine rings is 2. The molecule has 0 bridgehead atoms. The smallest absolute Gasteiger partial charge is 0.163 e. The first-order valence-corrected chi connectivity index (χ1v) is 12.5. The Balaban J connectivity index is 1.65. The lowest BCUT2D eigenvalue weighted by Crippen LogP contribution is -2.51. The van der Waals surface area contributed by atoms with Gasteiger partial charge in [-0.2, -0.15) is 0 Å². The summed E-state index contributed by atoms with van der Waals surface area (Å²) in [6.45, 7) is 9.61. The number of carbonyl (C=O) groups is 2. The molecule has 1 N–H and O–H groups in total. The molecule has 5 rings (SSSR count). The van der Waals surface area contributed by atoms with E-state index in [4.69, 9.17) is 0 Å². The fourth-order valence-corrected chi connectivity index (χ4v) is 5.86. The lowest BCUT2D eigenvalue weighted by molar-refractivity contribution is -0.120. The number of nitrogens with zero attached hydrogens (tertiary/aromatic N) is 3. The van der Waals surface area contributed by atoms with Crippen LogP contribution in [0, 0.1) is 10.8 Å². The molecule has 0 radical (unpaired) electrons. The van der Waals surface area contributed by atoms with Gasteiger partial charge in [-0.1, -0.05) is 39.8 Å². The van der Waals surface area contributed by atoms with E-state index in [9.17, 15) is 9.59 Å². The lowest BCUT2D eigenvalue weighted by atomic mass is 9.67. The first-order chi connectivity index (χ1) is 16.6. The van der Waals surface area contributed by atoms with E-state index >= 15 is 0 Å². The van der Waals surface area contributed by atoms with Crippen LogP contribution in [-0.2, 0) is 22.7 Å². The van der Waals surface area contributed by atoms with Crippen molar-refractivity contribution in [1.82, 2.24) is 20.2 Å². The van der Waals surface area contributed by atoms with Crippen molar-refractivity contribution in [3.63, 3.8) is 0 Å². The van der Waals surface area contributed by atoms with Crippen molar-refractivity contribution >= 4 is 11.6 Å². The largest absolute Gasteiger partial charge is 0.361 e. The molecule has 3 heterocycles. The molecule has 6 heteroatoms. The Morgan fingerprint density at radius 3 is 1.63 bits per heavy atom. The van der Waals surface area contributed by atoms with Crippen molar-refractivity contribution in [3.05, 3.63) is 82.7 Å². The highest BCUT2D eigenvalue weighted by atomic mass is 16.1. The molecule has 0 saturated carbocycles. The van der Waals surface area contributed by atoms with E-state index in [1.165, 1.54) is 0 Å². The number of carbonyl (C=O) groups excluding carboxylic acids is 2. The zero-order valence-corrected chi connectivity index (χ0v) is 21.1. The van der Waals surface area contributed by atoms with E-state index in [-0.39, 0.29) is 22.4 Å². The van der Waals surface area contributed by atoms with E-state index < -0.39 is 6.04 Å². The van der Waals surface area contributed by atoms with Crippen LogP contribution >= 0.6 is 0 Å². The number of dihydropyridines is 1. The summed E-state index contributed by atoms with van der Waals surface area (Å²) in [5.74, 6) is 0.259. The summed E-state index contributed by atoms with van der Waals surface area (Å²) in [6, 6.07) is 11.3. The second-order valence-electron chi connectivity index (χ2n) is 11.7. The van der Waals surface area contributed by atoms with E-state index in [0.717, 1.165) is 46.8 Å². The van der Waals surface area contributed by atoms with Crippen LogP contribution in [0.5, 0.6) is 0 Å². The minimum atomic E-state index is -0.405. The van der Waals surface area contributed by atoms with Crippen LogP contribution in [0.3, 0.4) is 0 Å². The minimum absolute atomic E-state index is 0.119. The summed E-state index contributed by atoms with van der Waals surface area (Å²) in [5.41, 5.74) is 5.03. The number of Topliss-reactive ketones (excluding diaryl/α,β-unsaturated/α-hetero) is 2. The van der Waals surface area contributed by atoms with Gasteiger partial charge in [0.25, 0.3) is 0 Å². The number of aromatic nitrogens is 2. The molecule has 0 fully saturated rings. The van der Waals surface area contributed by atoms with Crippen molar-refractivity contribution in [1.29, 1.82) is 0 Å². The van der Waals surface area contributed by atoms with Gasteiger partial charge in [0.05, 0.1) is 17.4 Å². The zero-order chi connectivity index (χ0) is 24.8. The number of ketones is 2. The van der Waals surface area contributed by atoms with Gasteiger partial charge in [-0.25, -0.2) is 0 Å². The third kappa shape index (κ3) is 4.85. The van der Waals surface area contributed by atoms with Gasteiger partial charge in [0.1, 0.15) is 0 Å². The molecule has 0 aromatic carbocycles. The van der Waals surface area contributed by atoms with Gasteiger partial charge >= 0.3 is 0 Å². The number of nitrogens with one attached hydrogen (secondary N) is 1. The lowest BCUT2D eigenvalue weighted by Gasteiger charge is -2.46. The molecule has 0 unspecified atom stereocenters. The highest BCUT2D eigenvalue weighted by Crippen LogP contribution is 2.47. The monoisotopic (exact) mass is 470 g/mol. The Morgan fingerprint density at radius 2 is 1.23 bits per heavy atom. The van der Waals surface area contributed by atoms with Crippen LogP contribution in [0.4, 0.5) is 0 Å². The molecule has 3 aliphatic rings. The molecular weight excluding hydrogens is 436 g/mol. The maximum absolute atomic E-state index is 13.7.